The second kappa shape index (κ2) is 5.02. The van der Waals surface area contributed by atoms with Gasteiger partial charge >= 0.3 is 0 Å². The first-order valence-electron chi connectivity index (χ1n) is 6.19. The van der Waals surface area contributed by atoms with E-state index in [2.05, 4.69) is 20.8 Å². The molecule has 2 atom stereocenters. The van der Waals surface area contributed by atoms with Crippen molar-refractivity contribution in [2.45, 2.75) is 72.1 Å². The van der Waals surface area contributed by atoms with Crippen molar-refractivity contribution in [3.05, 3.63) is 0 Å². The van der Waals surface area contributed by atoms with E-state index in [0.29, 0.717) is 0 Å². The van der Waals surface area contributed by atoms with Crippen LogP contribution in [0.5, 0.6) is 0 Å². The fourth-order valence-electron chi connectivity index (χ4n) is 2.43. The van der Waals surface area contributed by atoms with E-state index >= 15 is 0 Å². The van der Waals surface area contributed by atoms with E-state index in [1.54, 1.807) is 0 Å². The zero-order chi connectivity index (χ0) is 9.73. The van der Waals surface area contributed by atoms with E-state index in [1.165, 1.54) is 51.4 Å². The number of hydrogen-bond acceptors (Lipinski definition) is 0. The first kappa shape index (κ1) is 11.1. The molecule has 0 heteroatoms. The summed E-state index contributed by atoms with van der Waals surface area (Å²) in [6.07, 6.45) is 11.7. The van der Waals surface area contributed by atoms with Crippen molar-refractivity contribution in [2.24, 2.45) is 11.3 Å². The van der Waals surface area contributed by atoms with E-state index in [9.17, 15) is 0 Å². The largest absolute Gasteiger partial charge is 0.0654 e. The molecule has 13 heavy (non-hydrogen) atoms. The minimum atomic E-state index is 0.728. The Balaban J connectivity index is 1.99. The highest BCUT2D eigenvalue weighted by Gasteiger charge is 2.38. The highest BCUT2D eigenvalue weighted by atomic mass is 14.4. The number of hydrogen-bond donors (Lipinski definition) is 0. The molecule has 0 bridgehead atoms. The highest BCUT2D eigenvalue weighted by Crippen LogP contribution is 2.49. The Morgan fingerprint density at radius 2 is 1.85 bits per heavy atom. The summed E-state index contributed by atoms with van der Waals surface area (Å²) in [7, 11) is 0. The van der Waals surface area contributed by atoms with Crippen molar-refractivity contribution in [1.82, 2.24) is 0 Å². The van der Waals surface area contributed by atoms with E-state index < -0.39 is 0 Å². The minimum absolute atomic E-state index is 0.728. The van der Waals surface area contributed by atoms with Gasteiger partial charge in [-0.3, -0.25) is 0 Å². The van der Waals surface area contributed by atoms with Crippen molar-refractivity contribution in [2.75, 3.05) is 0 Å². The lowest BCUT2D eigenvalue weighted by molar-refractivity contribution is 0.0522. The average Bonchev–Trinajstić information content (AvgIpc) is 2.15. The molecule has 0 N–H and O–H groups in total. The van der Waals surface area contributed by atoms with Gasteiger partial charge in [0.1, 0.15) is 0 Å². The zero-order valence-electron chi connectivity index (χ0n) is 9.73. The Bertz CT molecular complexity index is 139. The molecule has 0 nitrogen and oxygen atoms in total. The maximum Gasteiger partial charge on any atom is -0.0300 e. The summed E-state index contributed by atoms with van der Waals surface area (Å²) in [4.78, 5) is 0. The number of unbranched alkanes of at least 4 members (excludes halogenated alkanes) is 4. The standard InChI is InChI=1S/C13H26/c1-4-5-6-7-8-10-13(3)11-9-12(13)2/h12H,4-11H2,1-3H3. The van der Waals surface area contributed by atoms with Crippen LogP contribution < -0.4 is 0 Å². The summed E-state index contributed by atoms with van der Waals surface area (Å²) < 4.78 is 0. The zero-order valence-corrected chi connectivity index (χ0v) is 9.73. The van der Waals surface area contributed by atoms with E-state index in [-0.39, 0.29) is 0 Å². The lowest BCUT2D eigenvalue weighted by Gasteiger charge is -2.46. The lowest BCUT2D eigenvalue weighted by Crippen LogP contribution is -2.35. The van der Waals surface area contributed by atoms with Gasteiger partial charge in [0.2, 0.25) is 0 Å². The Kier molecular flexibility index (Phi) is 4.28. The molecule has 0 radical (unpaired) electrons. The van der Waals surface area contributed by atoms with Crippen LogP contribution in [0.2, 0.25) is 0 Å². The van der Waals surface area contributed by atoms with Gasteiger partial charge in [-0.25, -0.2) is 0 Å². The molecule has 2 unspecified atom stereocenters. The Morgan fingerprint density at radius 3 is 2.31 bits per heavy atom. The van der Waals surface area contributed by atoms with Crippen molar-refractivity contribution < 1.29 is 0 Å². The summed E-state index contributed by atoms with van der Waals surface area (Å²) in [5, 5.41) is 0. The normalized spacial score (nSPS) is 33.0. The second-order valence-electron chi connectivity index (χ2n) is 5.26. The topological polar surface area (TPSA) is 0 Å². The van der Waals surface area contributed by atoms with Gasteiger partial charge in [0.05, 0.1) is 0 Å². The lowest BCUT2D eigenvalue weighted by atomic mass is 9.60. The maximum atomic E-state index is 2.49. The predicted molar refractivity (Wildman–Crippen MR) is 59.9 cm³/mol. The van der Waals surface area contributed by atoms with E-state index in [4.69, 9.17) is 0 Å². The third-order valence-electron chi connectivity index (χ3n) is 4.19. The molecule has 0 amide bonds. The first-order chi connectivity index (χ1) is 6.19. The quantitative estimate of drug-likeness (QED) is 0.518. The van der Waals surface area contributed by atoms with Gasteiger partial charge in [-0.1, -0.05) is 52.9 Å². The van der Waals surface area contributed by atoms with Gasteiger partial charge in [0.15, 0.2) is 0 Å². The minimum Gasteiger partial charge on any atom is -0.0654 e. The molecule has 0 heterocycles. The second-order valence-corrected chi connectivity index (χ2v) is 5.26. The molecule has 78 valence electrons. The van der Waals surface area contributed by atoms with Gasteiger partial charge in [-0.2, -0.15) is 0 Å². The number of rotatable bonds is 6. The van der Waals surface area contributed by atoms with Gasteiger partial charge in [0.25, 0.3) is 0 Å². The van der Waals surface area contributed by atoms with Crippen molar-refractivity contribution >= 4 is 0 Å². The van der Waals surface area contributed by atoms with Crippen molar-refractivity contribution in [3.63, 3.8) is 0 Å². The fraction of sp³-hybridized carbons (Fsp3) is 1.00. The van der Waals surface area contributed by atoms with E-state index in [0.717, 1.165) is 11.3 Å². The molecule has 1 aliphatic carbocycles. The highest BCUT2D eigenvalue weighted by molar-refractivity contribution is 4.89. The molecule has 0 saturated heterocycles. The molecular weight excluding hydrogens is 156 g/mol. The van der Waals surface area contributed by atoms with Gasteiger partial charge in [0, 0.05) is 0 Å². The van der Waals surface area contributed by atoms with Crippen LogP contribution in [0.15, 0.2) is 0 Å². The molecule has 1 rings (SSSR count). The van der Waals surface area contributed by atoms with Crippen LogP contribution in [0.3, 0.4) is 0 Å². The van der Waals surface area contributed by atoms with Crippen LogP contribution in [0, 0.1) is 11.3 Å². The van der Waals surface area contributed by atoms with Crippen molar-refractivity contribution in [3.8, 4) is 0 Å². The predicted octanol–water partition coefficient (Wildman–Crippen LogP) is 4.78. The molecule has 0 aromatic carbocycles. The Morgan fingerprint density at radius 1 is 1.15 bits per heavy atom. The molecule has 0 spiro atoms. The first-order valence-corrected chi connectivity index (χ1v) is 6.19. The molecule has 1 fully saturated rings. The fourth-order valence-corrected chi connectivity index (χ4v) is 2.43. The molecule has 1 aliphatic rings. The summed E-state index contributed by atoms with van der Waals surface area (Å²) >= 11 is 0. The van der Waals surface area contributed by atoms with Crippen LogP contribution in [0.4, 0.5) is 0 Å². The molecule has 0 aromatic rings. The SMILES string of the molecule is CCCCCCCC1(C)CCC1C. The molecular formula is C13H26. The summed E-state index contributed by atoms with van der Waals surface area (Å²) in [5.74, 6) is 0.999. The summed E-state index contributed by atoms with van der Waals surface area (Å²) in [5.41, 5.74) is 0.728. The van der Waals surface area contributed by atoms with Gasteiger partial charge in [-0.05, 0) is 30.6 Å². The van der Waals surface area contributed by atoms with Crippen LogP contribution in [-0.4, -0.2) is 0 Å². The maximum absolute atomic E-state index is 2.49. The van der Waals surface area contributed by atoms with Crippen LogP contribution in [0.25, 0.3) is 0 Å². The van der Waals surface area contributed by atoms with Gasteiger partial charge < -0.3 is 0 Å². The monoisotopic (exact) mass is 182 g/mol. The summed E-state index contributed by atoms with van der Waals surface area (Å²) in [6.45, 7) is 7.20. The van der Waals surface area contributed by atoms with E-state index in [1.807, 2.05) is 0 Å². The molecule has 1 saturated carbocycles. The van der Waals surface area contributed by atoms with Crippen LogP contribution >= 0.6 is 0 Å². The molecule has 0 aromatic heterocycles. The Hall–Kier alpha value is 0. The van der Waals surface area contributed by atoms with Crippen LogP contribution in [0.1, 0.15) is 72.1 Å². The smallest absolute Gasteiger partial charge is 0.0300 e. The average molecular weight is 182 g/mol. The third kappa shape index (κ3) is 3.00. The third-order valence-corrected chi connectivity index (χ3v) is 4.19. The summed E-state index contributed by atoms with van der Waals surface area (Å²) in [6, 6.07) is 0. The Labute approximate surface area is 84.1 Å². The van der Waals surface area contributed by atoms with Gasteiger partial charge in [-0.15, -0.1) is 0 Å². The van der Waals surface area contributed by atoms with Crippen molar-refractivity contribution in [1.29, 1.82) is 0 Å². The van der Waals surface area contributed by atoms with Crippen LogP contribution in [-0.2, 0) is 0 Å². The molecule has 0 aliphatic heterocycles.